The Labute approximate surface area is 146 Å². The number of benzene rings is 1. The lowest BCUT2D eigenvalue weighted by Gasteiger charge is -2.37. The number of nitriles is 2. The molecule has 2 aliphatic heterocycles. The Kier molecular flexibility index (Phi) is 3.91. The number of nitrogens with zero attached hydrogens (tertiary/aromatic N) is 5. The zero-order valence-corrected chi connectivity index (χ0v) is 13.9. The van der Waals surface area contributed by atoms with E-state index in [0.29, 0.717) is 5.69 Å². The first kappa shape index (κ1) is 15.4. The van der Waals surface area contributed by atoms with Gasteiger partial charge in [-0.1, -0.05) is 6.08 Å². The lowest BCUT2D eigenvalue weighted by atomic mass is 9.90. The lowest BCUT2D eigenvalue weighted by molar-refractivity contribution is 0.634. The summed E-state index contributed by atoms with van der Waals surface area (Å²) in [6.45, 7) is 2.35. The first-order chi connectivity index (χ1) is 12.3. The minimum Gasteiger partial charge on any atom is -0.371 e. The molecule has 0 amide bonds. The maximum Gasteiger partial charge on any atom is 0.177 e. The third kappa shape index (κ3) is 2.86. The Balaban J connectivity index is 1.67. The number of hydrogen-bond donors (Lipinski definition) is 0. The molecule has 0 unspecified atom stereocenters. The van der Waals surface area contributed by atoms with Gasteiger partial charge in [0.05, 0.1) is 11.9 Å². The van der Waals surface area contributed by atoms with Crippen LogP contribution in [0.1, 0.15) is 46.6 Å². The summed E-state index contributed by atoms with van der Waals surface area (Å²) in [5.74, 6) is 0. The zero-order valence-electron chi connectivity index (χ0n) is 13.9. The monoisotopic (exact) mass is 327 g/mol. The van der Waals surface area contributed by atoms with Gasteiger partial charge in [0.25, 0.3) is 0 Å². The molecule has 0 fully saturated rings. The highest BCUT2D eigenvalue weighted by atomic mass is 15.1. The van der Waals surface area contributed by atoms with Gasteiger partial charge in [0.15, 0.2) is 11.4 Å². The van der Waals surface area contributed by atoms with Crippen molar-refractivity contribution in [1.29, 1.82) is 10.5 Å². The molecule has 4 rings (SSSR count). The van der Waals surface area contributed by atoms with Crippen molar-refractivity contribution in [3.63, 3.8) is 0 Å². The van der Waals surface area contributed by atoms with E-state index in [1.165, 1.54) is 48.9 Å². The zero-order chi connectivity index (χ0) is 17.2. The Morgan fingerprint density at radius 3 is 2.28 bits per heavy atom. The normalized spacial score (nSPS) is 15.5. The largest absolute Gasteiger partial charge is 0.371 e. The van der Waals surface area contributed by atoms with E-state index in [0.717, 1.165) is 18.4 Å². The van der Waals surface area contributed by atoms with Gasteiger partial charge in [0.2, 0.25) is 0 Å². The third-order valence-electron chi connectivity index (χ3n) is 4.80. The van der Waals surface area contributed by atoms with Crippen molar-refractivity contribution in [3.8, 4) is 12.1 Å². The Hall–Kier alpha value is -3.18. The molecule has 2 aliphatic rings. The number of rotatable bonds is 2. The first-order valence-corrected chi connectivity index (χ1v) is 8.54. The summed E-state index contributed by atoms with van der Waals surface area (Å²) in [5.41, 5.74) is 6.21. The average molecular weight is 327 g/mol. The van der Waals surface area contributed by atoms with Gasteiger partial charge in [-0.05, 0) is 60.6 Å². The molecule has 2 aromatic rings. The highest BCUT2D eigenvalue weighted by Crippen LogP contribution is 2.36. The SMILES string of the molecule is N#Cc1ncc(/C=C/c2cc3c4c(c2)CCCN4CCC3)nc1C#N. The molecule has 1 aromatic heterocycles. The Morgan fingerprint density at radius 2 is 1.64 bits per heavy atom. The van der Waals surface area contributed by atoms with Gasteiger partial charge in [-0.3, -0.25) is 0 Å². The van der Waals surface area contributed by atoms with Crippen molar-refractivity contribution in [3.05, 3.63) is 52.1 Å². The summed E-state index contributed by atoms with van der Waals surface area (Å²) in [7, 11) is 0. The Morgan fingerprint density at radius 1 is 0.960 bits per heavy atom. The van der Waals surface area contributed by atoms with Gasteiger partial charge in [0.1, 0.15) is 12.1 Å². The van der Waals surface area contributed by atoms with Gasteiger partial charge in [-0.2, -0.15) is 10.5 Å². The maximum absolute atomic E-state index is 9.06. The molecular formula is C20H17N5. The topological polar surface area (TPSA) is 76.6 Å². The molecule has 0 radical (unpaired) electrons. The molecule has 0 bridgehead atoms. The van der Waals surface area contributed by atoms with Crippen LogP contribution < -0.4 is 4.90 Å². The van der Waals surface area contributed by atoms with E-state index in [9.17, 15) is 0 Å². The van der Waals surface area contributed by atoms with Crippen LogP contribution in [0.5, 0.6) is 0 Å². The molecule has 0 spiro atoms. The smallest absolute Gasteiger partial charge is 0.177 e. The van der Waals surface area contributed by atoms with Crippen molar-refractivity contribution < 1.29 is 0 Å². The summed E-state index contributed by atoms with van der Waals surface area (Å²) < 4.78 is 0. The first-order valence-electron chi connectivity index (χ1n) is 8.54. The lowest BCUT2D eigenvalue weighted by Crippen LogP contribution is -2.34. The van der Waals surface area contributed by atoms with E-state index in [2.05, 4.69) is 27.0 Å². The van der Waals surface area contributed by atoms with Crippen molar-refractivity contribution >= 4 is 17.8 Å². The van der Waals surface area contributed by atoms with Crippen molar-refractivity contribution in [2.45, 2.75) is 25.7 Å². The molecule has 25 heavy (non-hydrogen) atoms. The van der Waals surface area contributed by atoms with Crippen molar-refractivity contribution in [2.24, 2.45) is 0 Å². The maximum atomic E-state index is 9.06. The van der Waals surface area contributed by atoms with Gasteiger partial charge in [-0.25, -0.2) is 9.97 Å². The molecule has 0 aliphatic carbocycles. The van der Waals surface area contributed by atoms with Gasteiger partial charge in [-0.15, -0.1) is 0 Å². The van der Waals surface area contributed by atoms with Crippen molar-refractivity contribution in [1.82, 2.24) is 9.97 Å². The van der Waals surface area contributed by atoms with E-state index in [1.54, 1.807) is 0 Å². The number of aromatic nitrogens is 2. The standard InChI is InChI=1S/C20H17N5/c21-11-18-19(12-22)24-17(13-23-18)6-5-14-9-15-3-1-7-25-8-2-4-16(10-14)20(15)25/h5-6,9-10,13H,1-4,7-8H2/b6-5+. The quantitative estimate of drug-likeness (QED) is 0.847. The molecule has 0 atom stereocenters. The predicted octanol–water partition coefficient (Wildman–Crippen LogP) is 3.09. The second-order valence-electron chi connectivity index (χ2n) is 6.43. The summed E-state index contributed by atoms with van der Waals surface area (Å²) in [4.78, 5) is 10.7. The van der Waals surface area contributed by atoms with E-state index < -0.39 is 0 Å². The van der Waals surface area contributed by atoms with Crippen LogP contribution in [-0.2, 0) is 12.8 Å². The molecule has 0 saturated carbocycles. The van der Waals surface area contributed by atoms with Gasteiger partial charge in [0, 0.05) is 18.8 Å². The Bertz CT molecular complexity index is 915. The number of anilines is 1. The highest BCUT2D eigenvalue weighted by molar-refractivity contribution is 5.73. The molecular weight excluding hydrogens is 310 g/mol. The van der Waals surface area contributed by atoms with Crippen LogP contribution in [0.25, 0.3) is 12.2 Å². The van der Waals surface area contributed by atoms with E-state index >= 15 is 0 Å². The molecule has 3 heterocycles. The summed E-state index contributed by atoms with van der Waals surface area (Å²) in [6, 6.07) is 8.32. The summed E-state index contributed by atoms with van der Waals surface area (Å²) in [6.07, 6.45) is 10.1. The molecule has 1 aromatic carbocycles. The molecule has 5 heteroatoms. The van der Waals surface area contributed by atoms with Gasteiger partial charge < -0.3 is 4.90 Å². The van der Waals surface area contributed by atoms with E-state index in [1.807, 2.05) is 24.3 Å². The van der Waals surface area contributed by atoms with Crippen LogP contribution in [0.2, 0.25) is 0 Å². The minimum absolute atomic E-state index is 0.0675. The summed E-state index contributed by atoms with van der Waals surface area (Å²) in [5, 5.41) is 18.0. The minimum atomic E-state index is 0.0675. The highest BCUT2D eigenvalue weighted by Gasteiger charge is 2.23. The number of hydrogen-bond acceptors (Lipinski definition) is 5. The van der Waals surface area contributed by atoms with Crippen LogP contribution in [0.4, 0.5) is 5.69 Å². The van der Waals surface area contributed by atoms with Crippen LogP contribution >= 0.6 is 0 Å². The van der Waals surface area contributed by atoms with Crippen molar-refractivity contribution in [2.75, 3.05) is 18.0 Å². The average Bonchev–Trinajstić information content (AvgIpc) is 2.66. The second-order valence-corrected chi connectivity index (χ2v) is 6.43. The van der Waals surface area contributed by atoms with Crippen LogP contribution in [-0.4, -0.2) is 23.1 Å². The van der Waals surface area contributed by atoms with Gasteiger partial charge >= 0.3 is 0 Å². The molecule has 0 saturated heterocycles. The van der Waals surface area contributed by atoms with E-state index in [4.69, 9.17) is 10.5 Å². The fourth-order valence-corrected chi connectivity index (χ4v) is 3.75. The fourth-order valence-electron chi connectivity index (χ4n) is 3.75. The van der Waals surface area contributed by atoms with E-state index in [-0.39, 0.29) is 11.4 Å². The summed E-state index contributed by atoms with van der Waals surface area (Å²) >= 11 is 0. The van der Waals surface area contributed by atoms with Crippen LogP contribution in [0.3, 0.4) is 0 Å². The fraction of sp³-hybridized carbons (Fsp3) is 0.300. The second kappa shape index (κ2) is 6.37. The van der Waals surface area contributed by atoms with Crippen LogP contribution in [0.15, 0.2) is 18.3 Å². The third-order valence-corrected chi connectivity index (χ3v) is 4.80. The van der Waals surface area contributed by atoms with Crippen LogP contribution in [0, 0.1) is 22.7 Å². The predicted molar refractivity (Wildman–Crippen MR) is 95.7 cm³/mol. The molecule has 0 N–H and O–H groups in total. The molecule has 5 nitrogen and oxygen atoms in total. The number of aryl methyl sites for hydroxylation is 2. The molecule has 122 valence electrons.